The molecule has 17 heteroatoms. The van der Waals surface area contributed by atoms with Crippen molar-refractivity contribution in [2.45, 2.75) is 168 Å². The summed E-state index contributed by atoms with van der Waals surface area (Å²) in [7, 11) is 0. The molecule has 2 aliphatic carbocycles. The average molecular weight is 820 g/mol. The van der Waals surface area contributed by atoms with Crippen molar-refractivity contribution in [3.63, 3.8) is 0 Å². The second-order valence-electron chi connectivity index (χ2n) is 16.9. The predicted molar refractivity (Wildman–Crippen MR) is 229 cm³/mol. The first-order valence-electron chi connectivity index (χ1n) is 21.3. The zero-order valence-corrected chi connectivity index (χ0v) is 35.1. The van der Waals surface area contributed by atoms with E-state index in [-0.39, 0.29) is 54.9 Å². The van der Waals surface area contributed by atoms with Crippen molar-refractivity contribution in [3.8, 4) is 0 Å². The molecule has 17 nitrogen and oxygen atoms in total. The minimum atomic E-state index is -0.655. The van der Waals surface area contributed by atoms with Crippen LogP contribution in [0.5, 0.6) is 0 Å². The van der Waals surface area contributed by atoms with Crippen molar-refractivity contribution in [3.05, 3.63) is 0 Å². The van der Waals surface area contributed by atoms with Gasteiger partial charge in [-0.25, -0.2) is 4.79 Å². The summed E-state index contributed by atoms with van der Waals surface area (Å²) in [5.41, 5.74) is 21.6. The van der Waals surface area contributed by atoms with Gasteiger partial charge in [-0.1, -0.05) is 46.0 Å². The SMILES string of the molecule is C.CC(N)=NCCCCNC(=O)[C@@H]1CCN1C(=O)[C@H](NC(=O)OC(C)(C)C)C1CCCCC1.NC(N)=NCCCCNC(=O)[C@@H]1CCN1C(=O)[C@H](N)C1CCCCC1. The molecule has 58 heavy (non-hydrogen) atoms. The molecule has 0 spiro atoms. The Morgan fingerprint density at radius 2 is 1.16 bits per heavy atom. The van der Waals surface area contributed by atoms with Gasteiger partial charge in [-0.05, 0) is 104 Å². The number of nitrogens with two attached hydrogens (primary N) is 4. The van der Waals surface area contributed by atoms with Gasteiger partial charge >= 0.3 is 6.09 Å². The Hall–Kier alpha value is -4.15. The standard InChI is InChI=1S/C23H41N5O4.C17H32N6O2.CH4/c1-16(24)25-13-8-9-14-26-20(29)18-12-15-28(18)21(30)19(17-10-6-5-7-11-17)27-22(31)32-23(2,3)4;18-14(12-6-2-1-3-7-12)16(25)23-11-8-13(23)15(24)21-9-4-5-10-22-17(19)20;/h17-19H,5-15H2,1-4H3,(H2,24,25)(H,26,29)(H,27,31);12-14H,1-11,18H2,(H,21,24)(H4,19,20,22);1H4/t18-,19+;13-,14+;/m00./s1. The van der Waals surface area contributed by atoms with Crippen molar-refractivity contribution >= 4 is 41.5 Å². The van der Waals surface area contributed by atoms with Crippen LogP contribution in [0, 0.1) is 11.8 Å². The third-order valence-corrected chi connectivity index (χ3v) is 11.1. The number of alkyl carbamates (subject to hydrolysis) is 1. The number of aliphatic imine (C=N–C) groups is 2. The van der Waals surface area contributed by atoms with Crippen molar-refractivity contribution in [1.82, 2.24) is 25.8 Å². The van der Waals surface area contributed by atoms with Gasteiger partial charge in [-0.15, -0.1) is 0 Å². The molecule has 2 saturated carbocycles. The average Bonchev–Trinajstić information content (AvgIpc) is 3.12. The number of unbranched alkanes of at least 4 members (excludes halogenated alkanes) is 2. The van der Waals surface area contributed by atoms with E-state index in [9.17, 15) is 24.0 Å². The van der Waals surface area contributed by atoms with Crippen LogP contribution in [0.15, 0.2) is 9.98 Å². The Labute approximate surface area is 347 Å². The van der Waals surface area contributed by atoms with Gasteiger partial charge in [0.25, 0.3) is 0 Å². The lowest BCUT2D eigenvalue weighted by Gasteiger charge is -2.43. The third-order valence-electron chi connectivity index (χ3n) is 11.1. The van der Waals surface area contributed by atoms with Gasteiger partial charge in [0.2, 0.25) is 23.6 Å². The Balaban J connectivity index is 0.000000405. The molecule has 0 aromatic rings. The highest BCUT2D eigenvalue weighted by molar-refractivity contribution is 5.93. The van der Waals surface area contributed by atoms with E-state index in [0.717, 1.165) is 83.5 Å². The van der Waals surface area contributed by atoms with Crippen molar-refractivity contribution in [2.75, 3.05) is 39.3 Å². The molecule has 2 aliphatic heterocycles. The van der Waals surface area contributed by atoms with Crippen LogP contribution in [0.4, 0.5) is 4.79 Å². The highest BCUT2D eigenvalue weighted by Crippen LogP contribution is 2.31. The highest BCUT2D eigenvalue weighted by atomic mass is 16.6. The smallest absolute Gasteiger partial charge is 0.408 e. The van der Waals surface area contributed by atoms with Gasteiger partial charge in [0, 0.05) is 39.3 Å². The quantitative estimate of drug-likeness (QED) is 0.0641. The zero-order chi connectivity index (χ0) is 42.0. The summed E-state index contributed by atoms with van der Waals surface area (Å²) in [6.45, 7) is 10.6. The highest BCUT2D eigenvalue weighted by Gasteiger charge is 2.44. The number of nitrogens with zero attached hydrogens (tertiary/aromatic N) is 4. The van der Waals surface area contributed by atoms with Gasteiger partial charge in [-0.3, -0.25) is 29.2 Å². The first-order valence-corrected chi connectivity index (χ1v) is 21.3. The topological polar surface area (TPSA) is 266 Å². The molecule has 0 aromatic carbocycles. The van der Waals surface area contributed by atoms with Crippen molar-refractivity contribution < 1.29 is 28.7 Å². The van der Waals surface area contributed by atoms with Crippen LogP contribution in [-0.4, -0.2) is 120 Å². The van der Waals surface area contributed by atoms with Crippen LogP contribution in [0.3, 0.4) is 0 Å². The number of carbonyl (C=O) groups is 5. The number of nitrogens with one attached hydrogen (secondary N) is 3. The molecule has 4 aliphatic rings. The second kappa shape index (κ2) is 25.4. The minimum Gasteiger partial charge on any atom is -0.444 e. The molecule has 332 valence electrons. The lowest BCUT2D eigenvalue weighted by atomic mass is 9.82. The number of ether oxygens (including phenoxy) is 1. The van der Waals surface area contributed by atoms with E-state index in [0.29, 0.717) is 57.9 Å². The number of amides is 5. The Bertz CT molecular complexity index is 1370. The molecule has 0 radical (unpaired) electrons. The van der Waals surface area contributed by atoms with E-state index < -0.39 is 29.8 Å². The number of likely N-dealkylation sites (tertiary alicyclic amines) is 2. The molecule has 5 amide bonds. The number of carbonyl (C=O) groups excluding carboxylic acids is 5. The summed E-state index contributed by atoms with van der Waals surface area (Å²) < 4.78 is 5.40. The summed E-state index contributed by atoms with van der Waals surface area (Å²) >= 11 is 0. The van der Waals surface area contributed by atoms with Crippen LogP contribution in [0.1, 0.15) is 138 Å². The maximum Gasteiger partial charge on any atom is 0.408 e. The first-order chi connectivity index (χ1) is 27.1. The molecule has 11 N–H and O–H groups in total. The van der Waals surface area contributed by atoms with Crippen LogP contribution < -0.4 is 38.9 Å². The van der Waals surface area contributed by atoms with E-state index in [2.05, 4.69) is 25.9 Å². The van der Waals surface area contributed by atoms with E-state index in [1.165, 1.54) is 6.42 Å². The number of hydrogen-bond donors (Lipinski definition) is 7. The fraction of sp³-hybridized carbons (Fsp3) is 0.829. The van der Waals surface area contributed by atoms with Crippen LogP contribution in [0.25, 0.3) is 0 Å². The van der Waals surface area contributed by atoms with Gasteiger partial charge in [-0.2, -0.15) is 0 Å². The van der Waals surface area contributed by atoms with Gasteiger partial charge < -0.3 is 53.4 Å². The Kier molecular flexibility index (Phi) is 21.9. The molecule has 4 rings (SSSR count). The van der Waals surface area contributed by atoms with Crippen LogP contribution >= 0.6 is 0 Å². The van der Waals surface area contributed by atoms with Gasteiger partial charge in [0.15, 0.2) is 5.96 Å². The van der Waals surface area contributed by atoms with E-state index in [4.69, 9.17) is 27.7 Å². The molecule has 0 unspecified atom stereocenters. The largest absolute Gasteiger partial charge is 0.444 e. The molecule has 4 fully saturated rings. The summed E-state index contributed by atoms with van der Waals surface area (Å²) in [4.78, 5) is 74.6. The monoisotopic (exact) mass is 820 g/mol. The Morgan fingerprint density at radius 1 is 0.690 bits per heavy atom. The summed E-state index contributed by atoms with van der Waals surface area (Å²) in [5, 5.41) is 8.64. The van der Waals surface area contributed by atoms with Crippen molar-refractivity contribution in [2.24, 2.45) is 44.8 Å². The summed E-state index contributed by atoms with van der Waals surface area (Å²) in [6.07, 6.45) is 14.6. The molecule has 0 aromatic heterocycles. The maximum atomic E-state index is 13.4. The van der Waals surface area contributed by atoms with E-state index in [1.807, 2.05) is 0 Å². The number of guanidine groups is 1. The maximum absolute atomic E-state index is 13.4. The lowest BCUT2D eigenvalue weighted by Crippen LogP contribution is -2.64. The molecule has 0 bridgehead atoms. The number of rotatable bonds is 17. The van der Waals surface area contributed by atoms with Gasteiger partial charge in [0.05, 0.1) is 11.9 Å². The van der Waals surface area contributed by atoms with Gasteiger partial charge in [0.1, 0.15) is 23.7 Å². The minimum absolute atomic E-state index is 0. The van der Waals surface area contributed by atoms with E-state index in [1.54, 1.807) is 37.5 Å². The fourth-order valence-corrected chi connectivity index (χ4v) is 7.79. The fourth-order valence-electron chi connectivity index (χ4n) is 7.79. The number of hydrogen-bond acceptors (Lipinski definition) is 9. The lowest BCUT2D eigenvalue weighted by molar-refractivity contribution is -0.150. The van der Waals surface area contributed by atoms with Crippen LogP contribution in [-0.2, 0) is 23.9 Å². The van der Waals surface area contributed by atoms with Crippen molar-refractivity contribution in [1.29, 1.82) is 0 Å². The third kappa shape index (κ3) is 17.0. The second-order valence-corrected chi connectivity index (χ2v) is 16.9. The normalized spacial score (nSPS) is 20.9. The molecular formula is C41H77N11O6. The molecule has 4 atom stereocenters. The first kappa shape index (κ1) is 50.0. The number of amidine groups is 1. The zero-order valence-electron chi connectivity index (χ0n) is 35.1. The predicted octanol–water partition coefficient (Wildman–Crippen LogP) is 2.64. The van der Waals surface area contributed by atoms with Crippen LogP contribution in [0.2, 0.25) is 0 Å². The molecule has 2 heterocycles. The summed E-state index contributed by atoms with van der Waals surface area (Å²) in [6, 6.07) is -1.95. The van der Waals surface area contributed by atoms with E-state index >= 15 is 0 Å². The Morgan fingerprint density at radius 3 is 1.59 bits per heavy atom. The molecular weight excluding hydrogens is 743 g/mol. The molecule has 2 saturated heterocycles. The summed E-state index contributed by atoms with van der Waals surface area (Å²) in [5.74, 6) is 0.515.